The number of nitrogens with zero attached hydrogens (tertiary/aromatic N) is 1. The van der Waals surface area contributed by atoms with Crippen molar-refractivity contribution < 1.29 is 0 Å². The van der Waals surface area contributed by atoms with Crippen molar-refractivity contribution in [2.45, 2.75) is 25.3 Å². The first kappa shape index (κ1) is 33.8. The molecular formula is C57H40N2. The van der Waals surface area contributed by atoms with E-state index < -0.39 is 0 Å². The van der Waals surface area contributed by atoms with Gasteiger partial charge in [-0.2, -0.15) is 0 Å². The van der Waals surface area contributed by atoms with Crippen LogP contribution in [-0.2, 0) is 5.41 Å². The van der Waals surface area contributed by atoms with Crippen molar-refractivity contribution in [2.75, 3.05) is 0 Å². The molecule has 10 aromatic rings. The van der Waals surface area contributed by atoms with Crippen LogP contribution in [0.1, 0.15) is 42.1 Å². The first-order valence-corrected chi connectivity index (χ1v) is 20.6. The summed E-state index contributed by atoms with van der Waals surface area (Å²) in [5, 5.41) is 15.0. The van der Waals surface area contributed by atoms with Gasteiger partial charge in [-0.3, -0.25) is 4.98 Å². The van der Waals surface area contributed by atoms with Crippen LogP contribution in [0.3, 0.4) is 0 Å². The molecular weight excluding hydrogens is 713 g/mol. The molecule has 0 bridgehead atoms. The summed E-state index contributed by atoms with van der Waals surface area (Å²) in [7, 11) is 0. The van der Waals surface area contributed by atoms with Crippen LogP contribution in [-0.4, -0.2) is 4.98 Å². The molecule has 1 atom stereocenters. The maximum atomic E-state index is 4.75. The number of para-hydroxylation sites is 1. The van der Waals surface area contributed by atoms with Gasteiger partial charge in [-0.05, 0) is 141 Å². The third-order valence-corrected chi connectivity index (χ3v) is 13.1. The summed E-state index contributed by atoms with van der Waals surface area (Å²) in [5.41, 5.74) is 14.8. The molecule has 0 spiro atoms. The summed E-state index contributed by atoms with van der Waals surface area (Å²) in [6.07, 6.45) is 8.77. The number of dihydropyridines is 1. The van der Waals surface area contributed by atoms with Crippen LogP contribution in [0.2, 0.25) is 0 Å². The Bertz CT molecular complexity index is 3460. The fourth-order valence-electron chi connectivity index (χ4n) is 10.1. The number of aromatic nitrogens is 1. The van der Waals surface area contributed by atoms with Gasteiger partial charge in [0.25, 0.3) is 0 Å². The highest BCUT2D eigenvalue weighted by Gasteiger charge is 2.38. The number of hydrogen-bond acceptors (Lipinski definition) is 2. The Hall–Kier alpha value is -7.29. The van der Waals surface area contributed by atoms with Crippen LogP contribution >= 0.6 is 0 Å². The second-order valence-electron chi connectivity index (χ2n) is 16.8. The molecule has 1 unspecified atom stereocenters. The zero-order valence-corrected chi connectivity index (χ0v) is 33.0. The number of allylic oxidation sites excluding steroid dienone is 2. The predicted molar refractivity (Wildman–Crippen MR) is 250 cm³/mol. The maximum absolute atomic E-state index is 4.75. The van der Waals surface area contributed by atoms with Crippen LogP contribution < -0.4 is 5.32 Å². The van der Waals surface area contributed by atoms with Crippen LogP contribution in [0, 0.1) is 0 Å². The molecule has 1 N–H and O–H groups in total. The smallest absolute Gasteiger partial charge is 0.0711 e. The van der Waals surface area contributed by atoms with E-state index in [4.69, 9.17) is 4.98 Å². The van der Waals surface area contributed by atoms with Crippen LogP contribution in [0.4, 0.5) is 0 Å². The quantitative estimate of drug-likeness (QED) is 0.181. The molecule has 12 rings (SSSR count). The summed E-state index contributed by atoms with van der Waals surface area (Å²) < 4.78 is 0. The van der Waals surface area contributed by atoms with E-state index in [9.17, 15) is 0 Å². The van der Waals surface area contributed by atoms with Gasteiger partial charge < -0.3 is 5.32 Å². The lowest BCUT2D eigenvalue weighted by Gasteiger charge is -2.24. The molecule has 2 heterocycles. The van der Waals surface area contributed by atoms with Crippen molar-refractivity contribution in [3.05, 3.63) is 217 Å². The zero-order chi connectivity index (χ0) is 39.2. The minimum absolute atomic E-state index is 0.0478. The number of rotatable bonds is 4. The number of pyridine rings is 1. The molecule has 1 aliphatic heterocycles. The van der Waals surface area contributed by atoms with Crippen LogP contribution in [0.15, 0.2) is 194 Å². The first-order chi connectivity index (χ1) is 29.0. The van der Waals surface area contributed by atoms with E-state index in [1.807, 2.05) is 12.3 Å². The maximum Gasteiger partial charge on any atom is 0.0711 e. The third-order valence-electron chi connectivity index (χ3n) is 13.1. The molecule has 0 radical (unpaired) electrons. The molecule has 2 heteroatoms. The molecule has 0 saturated heterocycles. The second-order valence-corrected chi connectivity index (χ2v) is 16.8. The Morgan fingerprint density at radius 3 is 1.75 bits per heavy atom. The first-order valence-electron chi connectivity index (χ1n) is 20.6. The summed E-state index contributed by atoms with van der Waals surface area (Å²) in [5.74, 6) is 0. The average Bonchev–Trinajstić information content (AvgIpc) is 3.52. The second kappa shape index (κ2) is 12.9. The summed E-state index contributed by atoms with van der Waals surface area (Å²) >= 11 is 0. The van der Waals surface area contributed by atoms with Crippen molar-refractivity contribution in [1.29, 1.82) is 0 Å². The van der Waals surface area contributed by atoms with E-state index in [1.54, 1.807) is 0 Å². The largest absolute Gasteiger partial charge is 0.380 e. The molecule has 9 aromatic carbocycles. The molecule has 0 fully saturated rings. The van der Waals surface area contributed by atoms with Gasteiger partial charge in [0.2, 0.25) is 0 Å². The van der Waals surface area contributed by atoms with E-state index in [0.29, 0.717) is 0 Å². The fourth-order valence-corrected chi connectivity index (χ4v) is 10.1. The molecule has 1 aromatic heterocycles. The molecule has 0 saturated carbocycles. The number of benzene rings is 9. The van der Waals surface area contributed by atoms with E-state index in [1.165, 1.54) is 98.7 Å². The predicted octanol–water partition coefficient (Wildman–Crippen LogP) is 14.7. The van der Waals surface area contributed by atoms with Gasteiger partial charge in [0, 0.05) is 23.2 Å². The van der Waals surface area contributed by atoms with Crippen molar-refractivity contribution in [3.8, 4) is 33.4 Å². The fraction of sp³-hybridized carbons (Fsp3) is 0.0702. The van der Waals surface area contributed by atoms with Crippen molar-refractivity contribution in [1.82, 2.24) is 10.3 Å². The standard InChI is InChI=1S/C57H40N2/c1-57(2)50-20-11-19-44(42-26-27-53(58-33-42)43-30-39-16-7-10-21-52(39)59-34-43)56(50)49-31-47-48(32-51(49)57)55(41-25-23-36-13-4-6-15-38(36)29-41)46-18-9-8-17-45(46)54(47)40-24-22-35-12-3-5-14-37(35)28-40/h3-34,53,58H,1-2H3. The lowest BCUT2D eigenvalue weighted by Crippen LogP contribution is -2.17. The van der Waals surface area contributed by atoms with Crippen LogP contribution in [0.25, 0.3) is 92.9 Å². The normalized spacial score (nSPS) is 15.4. The number of fused-ring (bicyclic) bond motifs is 8. The Labute approximate surface area is 343 Å². The Balaban J connectivity index is 1.09. The number of hydrogen-bond donors (Lipinski definition) is 1. The van der Waals surface area contributed by atoms with Crippen molar-refractivity contribution in [3.63, 3.8) is 0 Å². The summed E-state index contributed by atoms with van der Waals surface area (Å²) in [4.78, 5) is 4.75. The van der Waals surface area contributed by atoms with Crippen molar-refractivity contribution in [2.24, 2.45) is 0 Å². The van der Waals surface area contributed by atoms with Gasteiger partial charge in [-0.25, -0.2) is 0 Å². The van der Waals surface area contributed by atoms with Gasteiger partial charge in [0.1, 0.15) is 0 Å². The lowest BCUT2D eigenvalue weighted by atomic mass is 9.79. The monoisotopic (exact) mass is 752 g/mol. The van der Waals surface area contributed by atoms with Crippen LogP contribution in [0.5, 0.6) is 0 Å². The Morgan fingerprint density at radius 2 is 1.08 bits per heavy atom. The van der Waals surface area contributed by atoms with E-state index in [2.05, 4.69) is 201 Å². The third kappa shape index (κ3) is 5.23. The average molecular weight is 753 g/mol. The Kier molecular flexibility index (Phi) is 7.37. The zero-order valence-electron chi connectivity index (χ0n) is 33.0. The summed E-state index contributed by atoms with van der Waals surface area (Å²) in [6, 6.07) is 63.0. The molecule has 1 aliphatic carbocycles. The minimum Gasteiger partial charge on any atom is -0.380 e. The minimum atomic E-state index is -0.212. The highest BCUT2D eigenvalue weighted by molar-refractivity contribution is 6.23. The molecule has 0 amide bonds. The van der Waals surface area contributed by atoms with E-state index in [0.717, 1.165) is 16.5 Å². The topological polar surface area (TPSA) is 24.9 Å². The summed E-state index contributed by atoms with van der Waals surface area (Å²) in [6.45, 7) is 4.81. The lowest BCUT2D eigenvalue weighted by molar-refractivity contribution is 0.661. The molecule has 2 nitrogen and oxygen atoms in total. The number of nitrogens with one attached hydrogen (secondary N) is 1. The Morgan fingerprint density at radius 1 is 0.475 bits per heavy atom. The molecule has 2 aliphatic rings. The molecule has 278 valence electrons. The highest BCUT2D eigenvalue weighted by Crippen LogP contribution is 2.55. The van der Waals surface area contributed by atoms with Crippen molar-refractivity contribution >= 4 is 59.6 Å². The van der Waals surface area contributed by atoms with Gasteiger partial charge in [-0.1, -0.05) is 159 Å². The van der Waals surface area contributed by atoms with Gasteiger partial charge in [0.05, 0.1) is 11.6 Å². The van der Waals surface area contributed by atoms with E-state index in [-0.39, 0.29) is 11.5 Å². The SMILES string of the molecule is CC1(C)c2cc3c(-c4ccc5ccccc5c4)c4ccccc4c(-c4ccc5ccccc5c4)c3cc2-c2c(C3=CNC(c4cnc5ccccc5c4)C=C3)cccc21. The van der Waals surface area contributed by atoms with Gasteiger partial charge >= 0.3 is 0 Å². The molecule has 59 heavy (non-hydrogen) atoms. The highest BCUT2D eigenvalue weighted by atomic mass is 14.9. The van der Waals surface area contributed by atoms with E-state index >= 15 is 0 Å². The van der Waals surface area contributed by atoms with Gasteiger partial charge in [0.15, 0.2) is 0 Å². The van der Waals surface area contributed by atoms with Gasteiger partial charge in [-0.15, -0.1) is 0 Å².